The van der Waals surface area contributed by atoms with E-state index in [-0.39, 0.29) is 12.8 Å². The molecular formula is C13H15F2N. The van der Waals surface area contributed by atoms with Gasteiger partial charge in [-0.1, -0.05) is 18.2 Å². The second kappa shape index (κ2) is 3.04. The second-order valence-electron chi connectivity index (χ2n) is 5.20. The molecule has 0 saturated heterocycles. The zero-order valence-electron chi connectivity index (χ0n) is 9.10. The summed E-state index contributed by atoms with van der Waals surface area (Å²) in [5.41, 5.74) is 8.77. The lowest BCUT2D eigenvalue weighted by Gasteiger charge is -2.45. The van der Waals surface area contributed by atoms with E-state index in [1.54, 1.807) is 0 Å². The topological polar surface area (TPSA) is 26.0 Å². The summed E-state index contributed by atoms with van der Waals surface area (Å²) in [5, 5.41) is 0. The molecule has 3 rings (SSSR count). The van der Waals surface area contributed by atoms with E-state index in [9.17, 15) is 8.78 Å². The summed E-state index contributed by atoms with van der Waals surface area (Å²) in [6, 6.07) is 6.03. The predicted molar refractivity (Wildman–Crippen MR) is 58.5 cm³/mol. The molecule has 16 heavy (non-hydrogen) atoms. The number of benzene rings is 1. The van der Waals surface area contributed by atoms with Crippen LogP contribution in [0.3, 0.4) is 0 Å². The molecule has 0 unspecified atom stereocenters. The van der Waals surface area contributed by atoms with Gasteiger partial charge >= 0.3 is 0 Å². The van der Waals surface area contributed by atoms with Crippen molar-refractivity contribution in [3.8, 4) is 0 Å². The lowest BCUT2D eigenvalue weighted by molar-refractivity contribution is -0.125. The van der Waals surface area contributed by atoms with E-state index in [1.165, 1.54) is 17.5 Å². The van der Waals surface area contributed by atoms with Crippen molar-refractivity contribution < 1.29 is 8.78 Å². The zero-order valence-corrected chi connectivity index (χ0v) is 9.10. The zero-order chi connectivity index (χ0) is 11.4. The normalized spacial score (nSPS) is 24.9. The summed E-state index contributed by atoms with van der Waals surface area (Å²) >= 11 is 0. The van der Waals surface area contributed by atoms with Crippen LogP contribution in [0, 0.1) is 0 Å². The van der Waals surface area contributed by atoms with Gasteiger partial charge in [-0.25, -0.2) is 8.78 Å². The molecule has 2 aliphatic rings. The molecule has 86 valence electrons. The molecule has 0 radical (unpaired) electrons. The lowest BCUT2D eigenvalue weighted by atomic mass is 9.69. The summed E-state index contributed by atoms with van der Waals surface area (Å²) in [5.74, 6) is -2.56. The molecule has 1 aromatic rings. The van der Waals surface area contributed by atoms with Crippen LogP contribution in [0.25, 0.3) is 0 Å². The van der Waals surface area contributed by atoms with Crippen LogP contribution in [0.5, 0.6) is 0 Å². The fraction of sp³-hybridized carbons (Fsp3) is 0.538. The van der Waals surface area contributed by atoms with Gasteiger partial charge in [0, 0.05) is 12.8 Å². The molecule has 0 atom stereocenters. The van der Waals surface area contributed by atoms with Crippen LogP contribution in [-0.4, -0.2) is 5.92 Å². The Bertz CT molecular complexity index is 432. The first-order valence-electron chi connectivity index (χ1n) is 5.78. The van der Waals surface area contributed by atoms with Crippen LogP contribution in [-0.2, 0) is 18.4 Å². The van der Waals surface area contributed by atoms with Crippen LogP contribution in [0.15, 0.2) is 18.2 Å². The molecule has 0 heterocycles. The molecule has 1 nitrogen and oxygen atoms in total. The summed E-state index contributed by atoms with van der Waals surface area (Å²) in [7, 11) is 0. The number of nitrogens with two attached hydrogens (primary N) is 1. The SMILES string of the molecule is NC1(c2ccc3c(c2)CCC3)CC(F)(F)C1. The van der Waals surface area contributed by atoms with E-state index >= 15 is 0 Å². The summed E-state index contributed by atoms with van der Waals surface area (Å²) < 4.78 is 25.8. The van der Waals surface area contributed by atoms with Crippen LogP contribution in [0.1, 0.15) is 36.0 Å². The van der Waals surface area contributed by atoms with Crippen molar-refractivity contribution in [3.63, 3.8) is 0 Å². The number of rotatable bonds is 1. The van der Waals surface area contributed by atoms with Gasteiger partial charge in [-0.05, 0) is 36.0 Å². The minimum Gasteiger partial charge on any atom is -0.321 e. The highest BCUT2D eigenvalue weighted by Gasteiger charge is 2.55. The number of fused-ring (bicyclic) bond motifs is 1. The molecule has 0 aromatic heterocycles. The van der Waals surface area contributed by atoms with Gasteiger partial charge in [0.15, 0.2) is 0 Å². The van der Waals surface area contributed by atoms with E-state index < -0.39 is 11.5 Å². The Labute approximate surface area is 93.6 Å². The Morgan fingerprint density at radius 3 is 2.44 bits per heavy atom. The van der Waals surface area contributed by atoms with Gasteiger partial charge in [0.05, 0.1) is 5.54 Å². The van der Waals surface area contributed by atoms with Crippen molar-refractivity contribution in [3.05, 3.63) is 34.9 Å². The minimum atomic E-state index is -2.56. The third-order valence-electron chi connectivity index (χ3n) is 3.82. The molecule has 2 N–H and O–H groups in total. The van der Waals surface area contributed by atoms with E-state index in [1.807, 2.05) is 12.1 Å². The van der Waals surface area contributed by atoms with E-state index in [4.69, 9.17) is 5.73 Å². The molecule has 0 amide bonds. The Balaban J connectivity index is 1.91. The molecule has 1 saturated carbocycles. The van der Waals surface area contributed by atoms with Gasteiger partial charge in [0.25, 0.3) is 5.92 Å². The maximum atomic E-state index is 12.9. The Morgan fingerprint density at radius 2 is 1.75 bits per heavy atom. The predicted octanol–water partition coefficient (Wildman–Crippen LogP) is 2.76. The molecular weight excluding hydrogens is 208 g/mol. The smallest absolute Gasteiger partial charge is 0.252 e. The first-order valence-corrected chi connectivity index (χ1v) is 5.78. The molecule has 0 aliphatic heterocycles. The van der Waals surface area contributed by atoms with Gasteiger partial charge in [-0.15, -0.1) is 0 Å². The highest BCUT2D eigenvalue weighted by molar-refractivity contribution is 5.39. The van der Waals surface area contributed by atoms with Gasteiger partial charge in [-0.2, -0.15) is 0 Å². The largest absolute Gasteiger partial charge is 0.321 e. The van der Waals surface area contributed by atoms with Crippen molar-refractivity contribution >= 4 is 0 Å². The summed E-state index contributed by atoms with van der Waals surface area (Å²) in [6.07, 6.45) is 2.93. The first kappa shape index (κ1) is 10.2. The van der Waals surface area contributed by atoms with Gasteiger partial charge < -0.3 is 5.73 Å². The van der Waals surface area contributed by atoms with E-state index in [2.05, 4.69) is 6.07 Å². The van der Waals surface area contributed by atoms with E-state index in [0.29, 0.717) is 0 Å². The van der Waals surface area contributed by atoms with Crippen LogP contribution < -0.4 is 5.73 Å². The van der Waals surface area contributed by atoms with Crippen molar-refractivity contribution in [2.24, 2.45) is 5.73 Å². The molecule has 3 heteroatoms. The molecule has 1 aromatic carbocycles. The summed E-state index contributed by atoms with van der Waals surface area (Å²) in [6.45, 7) is 0. The maximum absolute atomic E-state index is 12.9. The van der Waals surface area contributed by atoms with Gasteiger partial charge in [-0.3, -0.25) is 0 Å². The number of hydrogen-bond donors (Lipinski definition) is 1. The number of alkyl halides is 2. The van der Waals surface area contributed by atoms with E-state index in [0.717, 1.165) is 18.4 Å². The standard InChI is InChI=1S/C13H15F2N/c14-13(15)7-12(16,8-13)11-5-4-9-2-1-3-10(9)6-11/h4-6H,1-3,7-8,16H2. The van der Waals surface area contributed by atoms with Crippen LogP contribution in [0.4, 0.5) is 8.78 Å². The highest BCUT2D eigenvalue weighted by atomic mass is 19.3. The molecule has 1 fully saturated rings. The van der Waals surface area contributed by atoms with Crippen molar-refractivity contribution in [2.45, 2.75) is 43.6 Å². The number of aryl methyl sites for hydroxylation is 2. The minimum absolute atomic E-state index is 0.210. The molecule has 0 spiro atoms. The number of halogens is 2. The quantitative estimate of drug-likeness (QED) is 0.778. The third kappa shape index (κ3) is 1.46. The Morgan fingerprint density at radius 1 is 1.06 bits per heavy atom. The Kier molecular flexibility index (Phi) is 1.94. The summed E-state index contributed by atoms with van der Waals surface area (Å²) in [4.78, 5) is 0. The molecule has 0 bridgehead atoms. The van der Waals surface area contributed by atoms with Crippen molar-refractivity contribution in [1.29, 1.82) is 0 Å². The highest BCUT2D eigenvalue weighted by Crippen LogP contribution is 2.50. The fourth-order valence-electron chi connectivity index (χ4n) is 2.96. The maximum Gasteiger partial charge on any atom is 0.252 e. The number of hydrogen-bond acceptors (Lipinski definition) is 1. The molecule has 2 aliphatic carbocycles. The first-order chi connectivity index (χ1) is 7.49. The average molecular weight is 223 g/mol. The van der Waals surface area contributed by atoms with Gasteiger partial charge in [0.1, 0.15) is 0 Å². The van der Waals surface area contributed by atoms with Crippen LogP contribution >= 0.6 is 0 Å². The fourth-order valence-corrected chi connectivity index (χ4v) is 2.96. The van der Waals surface area contributed by atoms with Crippen LogP contribution in [0.2, 0.25) is 0 Å². The van der Waals surface area contributed by atoms with Gasteiger partial charge in [0.2, 0.25) is 0 Å². The second-order valence-corrected chi connectivity index (χ2v) is 5.20. The van der Waals surface area contributed by atoms with Crippen molar-refractivity contribution in [1.82, 2.24) is 0 Å². The monoisotopic (exact) mass is 223 g/mol. The lowest BCUT2D eigenvalue weighted by Crippen LogP contribution is -2.55. The Hall–Kier alpha value is -0.960. The average Bonchev–Trinajstić information content (AvgIpc) is 2.60. The van der Waals surface area contributed by atoms with Crippen molar-refractivity contribution in [2.75, 3.05) is 0 Å². The third-order valence-corrected chi connectivity index (χ3v) is 3.82.